The van der Waals surface area contributed by atoms with Crippen molar-refractivity contribution < 1.29 is 0 Å². The lowest BCUT2D eigenvalue weighted by molar-refractivity contribution is 0.913. The van der Waals surface area contributed by atoms with Gasteiger partial charge in [0.05, 0.1) is 23.1 Å². The van der Waals surface area contributed by atoms with Crippen molar-refractivity contribution in [3.63, 3.8) is 0 Å². The molecule has 3 heterocycles. The zero-order valence-corrected chi connectivity index (χ0v) is 13.8. The molecule has 0 aliphatic heterocycles. The van der Waals surface area contributed by atoms with Gasteiger partial charge < -0.3 is 4.98 Å². The molecule has 7 heteroatoms. The number of fused-ring (bicyclic) bond motifs is 1. The van der Waals surface area contributed by atoms with E-state index in [4.69, 9.17) is 4.98 Å². The number of nitrogens with one attached hydrogen (secondary N) is 2. The molecule has 4 aromatic rings. The van der Waals surface area contributed by atoms with Crippen LogP contribution in [-0.4, -0.2) is 24.6 Å². The monoisotopic (exact) mass is 345 g/mol. The average Bonchev–Trinajstić information content (AvgIpc) is 3.40. The first-order valence-electron chi connectivity index (χ1n) is 8.47. The predicted octanol–water partition coefficient (Wildman–Crippen LogP) is 2.32. The molecule has 2 N–H and O–H groups in total. The van der Waals surface area contributed by atoms with Crippen LogP contribution in [-0.2, 0) is 0 Å². The van der Waals surface area contributed by atoms with Gasteiger partial charge in [-0.15, -0.1) is 0 Å². The van der Waals surface area contributed by atoms with E-state index in [1.165, 1.54) is 6.20 Å². The van der Waals surface area contributed by atoms with Gasteiger partial charge in [-0.25, -0.2) is 14.3 Å². The summed E-state index contributed by atoms with van der Waals surface area (Å²) in [5.41, 5.74) is 3.63. The first-order valence-corrected chi connectivity index (χ1v) is 8.47. The third kappa shape index (κ3) is 2.45. The van der Waals surface area contributed by atoms with Crippen molar-refractivity contribution >= 4 is 5.65 Å². The van der Waals surface area contributed by atoms with Crippen LogP contribution in [0.25, 0.3) is 28.2 Å². The fourth-order valence-corrected chi connectivity index (χ4v) is 3.18. The summed E-state index contributed by atoms with van der Waals surface area (Å²) in [7, 11) is 0. The molecule has 0 bridgehead atoms. The summed E-state index contributed by atoms with van der Waals surface area (Å²) in [6.07, 6.45) is 5.49. The predicted molar refractivity (Wildman–Crippen MR) is 97.1 cm³/mol. The molecule has 0 saturated heterocycles. The van der Waals surface area contributed by atoms with Crippen LogP contribution in [0.15, 0.2) is 58.4 Å². The highest BCUT2D eigenvalue weighted by Gasteiger charge is 2.28. The lowest BCUT2D eigenvalue weighted by atomic mass is 10.1. The summed E-state index contributed by atoms with van der Waals surface area (Å²) in [6, 6.07) is 11.8. The number of H-pyrrole nitrogens is 2. The highest BCUT2D eigenvalue weighted by atomic mass is 16.2. The molecule has 1 saturated carbocycles. The summed E-state index contributed by atoms with van der Waals surface area (Å²) >= 11 is 0. The van der Waals surface area contributed by atoms with Crippen molar-refractivity contribution in [3.05, 3.63) is 75.2 Å². The van der Waals surface area contributed by atoms with Crippen molar-refractivity contribution in [1.82, 2.24) is 24.6 Å². The molecule has 0 amide bonds. The molecule has 0 atom stereocenters. The van der Waals surface area contributed by atoms with Gasteiger partial charge in [0.1, 0.15) is 0 Å². The van der Waals surface area contributed by atoms with Crippen LogP contribution < -0.4 is 11.2 Å². The minimum Gasteiger partial charge on any atom is -0.313 e. The number of aromatic amines is 2. The second kappa shape index (κ2) is 5.52. The van der Waals surface area contributed by atoms with E-state index < -0.39 is 11.2 Å². The van der Waals surface area contributed by atoms with Gasteiger partial charge in [0.25, 0.3) is 5.56 Å². The molecule has 1 aromatic carbocycles. The Morgan fingerprint density at radius 2 is 1.88 bits per heavy atom. The van der Waals surface area contributed by atoms with Crippen molar-refractivity contribution in [1.29, 1.82) is 0 Å². The molecular weight excluding hydrogens is 330 g/mol. The molecule has 0 radical (unpaired) electrons. The Balaban J connectivity index is 1.74. The molecular formula is C19H15N5O2. The van der Waals surface area contributed by atoms with E-state index in [1.54, 1.807) is 4.52 Å². The Hall–Kier alpha value is -3.48. The topological polar surface area (TPSA) is 95.9 Å². The van der Waals surface area contributed by atoms with E-state index in [1.807, 2.05) is 42.6 Å². The number of hydrogen-bond donors (Lipinski definition) is 2. The largest absolute Gasteiger partial charge is 0.325 e. The number of benzene rings is 1. The SMILES string of the molecule is O=c1[nH]cc(-c2cc(C3CC3)c3nc(-c4ccccc4)cn3n2)c(=O)[nH]1. The second-order valence-electron chi connectivity index (χ2n) is 6.51. The minimum atomic E-state index is -0.531. The molecule has 128 valence electrons. The fourth-order valence-electron chi connectivity index (χ4n) is 3.18. The number of nitrogens with zero attached hydrogens (tertiary/aromatic N) is 3. The van der Waals surface area contributed by atoms with Crippen molar-refractivity contribution in [2.45, 2.75) is 18.8 Å². The molecule has 26 heavy (non-hydrogen) atoms. The van der Waals surface area contributed by atoms with E-state index in [0.29, 0.717) is 17.2 Å². The zero-order valence-electron chi connectivity index (χ0n) is 13.8. The first-order chi connectivity index (χ1) is 12.7. The van der Waals surface area contributed by atoms with Crippen LogP contribution in [0.2, 0.25) is 0 Å². The van der Waals surface area contributed by atoms with E-state index in [9.17, 15) is 9.59 Å². The van der Waals surface area contributed by atoms with Gasteiger partial charge in [-0.2, -0.15) is 5.10 Å². The van der Waals surface area contributed by atoms with Gasteiger partial charge in [0.2, 0.25) is 0 Å². The third-order valence-corrected chi connectivity index (χ3v) is 4.64. The molecule has 7 nitrogen and oxygen atoms in total. The molecule has 0 unspecified atom stereocenters. The van der Waals surface area contributed by atoms with Gasteiger partial charge in [0, 0.05) is 17.3 Å². The van der Waals surface area contributed by atoms with Crippen molar-refractivity contribution in [2.24, 2.45) is 0 Å². The number of hydrogen-bond acceptors (Lipinski definition) is 4. The van der Waals surface area contributed by atoms with E-state index in [0.717, 1.165) is 35.3 Å². The lowest BCUT2D eigenvalue weighted by Crippen LogP contribution is -2.23. The Morgan fingerprint density at radius 3 is 2.62 bits per heavy atom. The number of rotatable bonds is 3. The van der Waals surface area contributed by atoms with Crippen LogP contribution in [0, 0.1) is 0 Å². The highest BCUT2D eigenvalue weighted by Crippen LogP contribution is 2.42. The summed E-state index contributed by atoms with van der Waals surface area (Å²) in [6.45, 7) is 0. The Labute approximate surface area is 147 Å². The number of aromatic nitrogens is 5. The van der Waals surface area contributed by atoms with E-state index in [-0.39, 0.29) is 0 Å². The molecule has 1 fully saturated rings. The summed E-state index contributed by atoms with van der Waals surface area (Å²) in [5, 5.41) is 4.57. The lowest BCUT2D eigenvalue weighted by Gasteiger charge is -2.05. The maximum absolute atomic E-state index is 12.2. The quantitative estimate of drug-likeness (QED) is 0.595. The normalized spacial score (nSPS) is 14.0. The van der Waals surface area contributed by atoms with Gasteiger partial charge in [0.15, 0.2) is 5.65 Å². The first kappa shape index (κ1) is 14.8. The average molecular weight is 345 g/mol. The molecule has 5 rings (SSSR count). The fraction of sp³-hybridized carbons (Fsp3) is 0.158. The van der Waals surface area contributed by atoms with Crippen LogP contribution in [0.3, 0.4) is 0 Å². The zero-order chi connectivity index (χ0) is 17.7. The van der Waals surface area contributed by atoms with Crippen LogP contribution in [0.1, 0.15) is 24.3 Å². The molecule has 1 aliphatic carbocycles. The smallest absolute Gasteiger partial charge is 0.313 e. The van der Waals surface area contributed by atoms with E-state index >= 15 is 0 Å². The Kier molecular flexibility index (Phi) is 3.15. The maximum atomic E-state index is 12.2. The van der Waals surface area contributed by atoms with Gasteiger partial charge in [-0.3, -0.25) is 9.78 Å². The molecule has 3 aromatic heterocycles. The van der Waals surface area contributed by atoms with Gasteiger partial charge in [-0.1, -0.05) is 30.3 Å². The second-order valence-corrected chi connectivity index (χ2v) is 6.51. The summed E-state index contributed by atoms with van der Waals surface area (Å²) < 4.78 is 1.73. The molecule has 0 spiro atoms. The summed E-state index contributed by atoms with van der Waals surface area (Å²) in [5.74, 6) is 0.437. The Bertz CT molecular complexity index is 1230. The Morgan fingerprint density at radius 1 is 1.08 bits per heavy atom. The number of imidazole rings is 1. The minimum absolute atomic E-state index is 0.336. The van der Waals surface area contributed by atoms with Crippen LogP contribution >= 0.6 is 0 Å². The third-order valence-electron chi connectivity index (χ3n) is 4.64. The van der Waals surface area contributed by atoms with Gasteiger partial charge in [-0.05, 0) is 24.8 Å². The van der Waals surface area contributed by atoms with Gasteiger partial charge >= 0.3 is 5.69 Å². The van der Waals surface area contributed by atoms with Crippen molar-refractivity contribution in [3.8, 4) is 22.5 Å². The standard InChI is InChI=1S/C19H15N5O2/c25-18-14(9-20-19(26)22-18)15-8-13(11-6-7-11)17-21-16(10-24(17)23-15)12-4-2-1-3-5-12/h1-5,8-11H,6-7H2,(H2,20,22,25,26). The van der Waals surface area contributed by atoms with Crippen LogP contribution in [0.5, 0.6) is 0 Å². The summed E-state index contributed by atoms with van der Waals surface area (Å²) in [4.78, 5) is 33.0. The van der Waals surface area contributed by atoms with E-state index in [2.05, 4.69) is 15.1 Å². The highest BCUT2D eigenvalue weighted by molar-refractivity contribution is 5.67. The molecule has 1 aliphatic rings. The van der Waals surface area contributed by atoms with Crippen molar-refractivity contribution in [2.75, 3.05) is 0 Å². The maximum Gasteiger partial charge on any atom is 0.325 e. The van der Waals surface area contributed by atoms with Crippen LogP contribution in [0.4, 0.5) is 0 Å².